The van der Waals surface area contributed by atoms with Crippen molar-refractivity contribution in [2.75, 3.05) is 0 Å². The van der Waals surface area contributed by atoms with Gasteiger partial charge in [-0.15, -0.1) is 0 Å². The SMILES string of the molecule is O=[P](=O)[Sc]. The van der Waals surface area contributed by atoms with Crippen molar-refractivity contribution in [1.29, 1.82) is 0 Å². The van der Waals surface area contributed by atoms with Crippen LogP contribution in [-0.4, -0.2) is 0 Å². The standard InChI is InChI=1S/O2P.Sc/c1-3-2;. The van der Waals surface area contributed by atoms with E-state index in [0.717, 1.165) is 23.8 Å². The summed E-state index contributed by atoms with van der Waals surface area (Å²) in [5.74, 6) is 0. The van der Waals surface area contributed by atoms with Crippen molar-refractivity contribution in [2.24, 2.45) is 0 Å². The van der Waals surface area contributed by atoms with Gasteiger partial charge in [0.2, 0.25) is 0 Å². The molecule has 0 saturated carbocycles. The summed E-state index contributed by atoms with van der Waals surface area (Å²) in [4.78, 5) is 0. The summed E-state index contributed by atoms with van der Waals surface area (Å²) in [7, 11) is 0. The Hall–Kier alpha value is 0.770. The molecule has 2 nitrogen and oxygen atoms in total. The second-order valence-corrected chi connectivity index (χ2v) is 2.83. The summed E-state index contributed by atoms with van der Waals surface area (Å²) in [5.41, 5.74) is 0. The molecule has 0 amide bonds. The third-order valence-corrected chi connectivity index (χ3v) is 0. The number of hydrogen-bond acceptors (Lipinski definition) is 2. The molecular formula is O2PSc. The molecule has 0 aliphatic carbocycles. The van der Waals surface area contributed by atoms with Crippen molar-refractivity contribution in [2.45, 2.75) is 0 Å². The van der Waals surface area contributed by atoms with Crippen LogP contribution in [0.15, 0.2) is 0 Å². The average molecular weight is 108 g/mol. The van der Waals surface area contributed by atoms with Crippen molar-refractivity contribution in [3.8, 4) is 0 Å². The zero-order chi connectivity index (χ0) is 3.58. The first-order valence-corrected chi connectivity index (χ1v) is 4.29. The first-order chi connectivity index (χ1) is 1.73. The fourth-order valence-corrected chi connectivity index (χ4v) is 0. The Kier molecular flexibility index (Phi) is 2.43. The van der Waals surface area contributed by atoms with E-state index in [-0.39, 0.29) is 0 Å². The van der Waals surface area contributed by atoms with Crippen LogP contribution in [0.5, 0.6) is 0 Å². The van der Waals surface area contributed by atoms with E-state index in [4.69, 9.17) is 9.13 Å². The topological polar surface area (TPSA) is 34.1 Å². The van der Waals surface area contributed by atoms with Crippen molar-refractivity contribution in [3.05, 3.63) is 0 Å². The van der Waals surface area contributed by atoms with Crippen molar-refractivity contribution in [1.82, 2.24) is 0 Å². The van der Waals surface area contributed by atoms with E-state index in [2.05, 4.69) is 0 Å². The minimum atomic E-state index is -2.06. The second kappa shape index (κ2) is 2.04. The molecule has 0 aromatic carbocycles. The van der Waals surface area contributed by atoms with E-state index < -0.39 is 5.03 Å². The monoisotopic (exact) mass is 108 g/mol. The van der Waals surface area contributed by atoms with Crippen molar-refractivity contribution < 1.29 is 32.9 Å². The number of hydrogen-bond donors (Lipinski definition) is 0. The van der Waals surface area contributed by atoms with Crippen LogP contribution >= 0.6 is 5.03 Å². The van der Waals surface area contributed by atoms with Gasteiger partial charge in [-0.1, -0.05) is 0 Å². The van der Waals surface area contributed by atoms with Gasteiger partial charge in [-0.25, -0.2) is 0 Å². The molecule has 0 spiro atoms. The molecule has 0 radical (unpaired) electrons. The Morgan fingerprint density at radius 1 is 1.50 bits per heavy atom. The molecule has 4 heavy (non-hydrogen) atoms. The maximum absolute atomic E-state index is 9.06. The Bertz CT molecular complexity index is 54.4. The molecule has 0 rings (SSSR count). The maximum atomic E-state index is 9.06. The van der Waals surface area contributed by atoms with Gasteiger partial charge in [-0.05, 0) is 0 Å². The first-order valence-electron chi connectivity index (χ1n) is 0.623. The number of rotatable bonds is 0. The summed E-state index contributed by atoms with van der Waals surface area (Å²) in [6, 6.07) is 0. The van der Waals surface area contributed by atoms with E-state index in [0.29, 0.717) is 0 Å². The second-order valence-electron chi connectivity index (χ2n) is 0.285. The summed E-state index contributed by atoms with van der Waals surface area (Å²) < 4.78 is 18.1. The average Bonchev–Trinajstić information content (AvgIpc) is 0.811. The van der Waals surface area contributed by atoms with Crippen LogP contribution in [0.25, 0.3) is 0 Å². The van der Waals surface area contributed by atoms with Gasteiger partial charge in [0.15, 0.2) is 0 Å². The Morgan fingerprint density at radius 3 is 1.50 bits per heavy atom. The predicted octanol–water partition coefficient (Wildman–Crippen LogP) is 0.621. The van der Waals surface area contributed by atoms with E-state index >= 15 is 0 Å². The third-order valence-electron chi connectivity index (χ3n) is 0. The van der Waals surface area contributed by atoms with E-state index in [9.17, 15) is 0 Å². The van der Waals surface area contributed by atoms with E-state index in [1.54, 1.807) is 0 Å². The molecule has 0 heterocycles. The fraction of sp³-hybridized carbons (Fsp3) is 0. The van der Waals surface area contributed by atoms with Gasteiger partial charge in [0, 0.05) is 0 Å². The summed E-state index contributed by atoms with van der Waals surface area (Å²) in [5, 5.41) is -2.06. The van der Waals surface area contributed by atoms with Crippen molar-refractivity contribution in [3.63, 3.8) is 0 Å². The Balaban J connectivity index is 3.51. The van der Waals surface area contributed by atoms with Gasteiger partial charge in [-0.2, -0.15) is 0 Å². The van der Waals surface area contributed by atoms with Crippen molar-refractivity contribution >= 4 is 5.03 Å². The molecule has 0 N–H and O–H groups in total. The Morgan fingerprint density at radius 2 is 1.50 bits per heavy atom. The molecule has 0 atom stereocenters. The molecule has 0 fully saturated rings. The van der Waals surface area contributed by atoms with E-state index in [1.807, 2.05) is 0 Å². The minimum absolute atomic E-state index is 0.752. The molecule has 0 saturated heterocycles. The van der Waals surface area contributed by atoms with Crippen LogP contribution in [0, 0.1) is 0 Å². The summed E-state index contributed by atoms with van der Waals surface area (Å²) in [6.45, 7) is 0. The normalized spacial score (nSPS) is 5.75. The summed E-state index contributed by atoms with van der Waals surface area (Å²) >= 11 is 0.752. The molecule has 0 bridgehead atoms. The van der Waals surface area contributed by atoms with Gasteiger partial charge in [-0.3, -0.25) is 0 Å². The fourth-order valence-electron chi connectivity index (χ4n) is 0. The molecule has 0 aromatic heterocycles. The van der Waals surface area contributed by atoms with Crippen LogP contribution in [-0.2, 0) is 32.9 Å². The quantitative estimate of drug-likeness (QED) is 0.426. The molecule has 0 aliphatic heterocycles. The van der Waals surface area contributed by atoms with Crippen LogP contribution in [0.3, 0.4) is 0 Å². The molecule has 4 heteroatoms. The molecule has 0 aromatic rings. The van der Waals surface area contributed by atoms with Gasteiger partial charge in [0.05, 0.1) is 0 Å². The Labute approximate surface area is 38.3 Å². The van der Waals surface area contributed by atoms with Crippen LogP contribution in [0.2, 0.25) is 0 Å². The van der Waals surface area contributed by atoms with Gasteiger partial charge >= 0.3 is 38.0 Å². The van der Waals surface area contributed by atoms with Crippen LogP contribution in [0.1, 0.15) is 0 Å². The molecular weight excluding hydrogens is 108 g/mol. The molecule has 0 aliphatic rings. The molecule has 0 unspecified atom stereocenters. The summed E-state index contributed by atoms with van der Waals surface area (Å²) in [6.07, 6.45) is 0. The van der Waals surface area contributed by atoms with Crippen LogP contribution < -0.4 is 0 Å². The third kappa shape index (κ3) is 14.6. The first kappa shape index (κ1) is 4.77. The molecule has 20 valence electrons. The van der Waals surface area contributed by atoms with Gasteiger partial charge in [0.1, 0.15) is 0 Å². The van der Waals surface area contributed by atoms with Crippen LogP contribution in [0.4, 0.5) is 0 Å². The van der Waals surface area contributed by atoms with E-state index in [1.165, 1.54) is 0 Å². The van der Waals surface area contributed by atoms with Gasteiger partial charge < -0.3 is 0 Å². The predicted molar refractivity (Wildman–Crippen MR) is 8.29 cm³/mol. The zero-order valence-corrected chi connectivity index (χ0v) is 4.54. The van der Waals surface area contributed by atoms with Gasteiger partial charge in [0.25, 0.3) is 0 Å². The zero-order valence-electron chi connectivity index (χ0n) is 1.84.